The quantitative estimate of drug-likeness (QED) is 0.732. The van der Waals surface area contributed by atoms with Gasteiger partial charge < -0.3 is 11.5 Å². The fourth-order valence-electron chi connectivity index (χ4n) is 1.49. The van der Waals surface area contributed by atoms with Crippen LogP contribution in [0.5, 0.6) is 0 Å². The molecule has 0 aromatic heterocycles. The number of para-hydroxylation sites is 2. The second-order valence-electron chi connectivity index (χ2n) is 4.19. The van der Waals surface area contributed by atoms with E-state index in [-0.39, 0.29) is 0 Å². The molecule has 0 saturated carbocycles. The molecule has 0 spiro atoms. The van der Waals surface area contributed by atoms with Crippen molar-refractivity contribution in [3.8, 4) is 0 Å². The first-order chi connectivity index (χ1) is 8.11. The van der Waals surface area contributed by atoms with Gasteiger partial charge in [-0.15, -0.1) is 0 Å². The molecule has 17 heavy (non-hydrogen) atoms. The summed E-state index contributed by atoms with van der Waals surface area (Å²) < 4.78 is 0. The van der Waals surface area contributed by atoms with E-state index in [4.69, 9.17) is 11.5 Å². The summed E-state index contributed by atoms with van der Waals surface area (Å²) in [7, 11) is 0. The fraction of sp³-hybridized carbons (Fsp3) is 0.200. The second-order valence-corrected chi connectivity index (χ2v) is 4.19. The summed E-state index contributed by atoms with van der Waals surface area (Å²) in [5, 5.41) is 0. The Labute approximate surface area is 103 Å². The normalized spacial score (nSPS) is 9.59. The minimum absolute atomic E-state index is 0.529. The van der Waals surface area contributed by atoms with E-state index in [1.54, 1.807) is 0 Å². The molecule has 90 valence electrons. The molecular formula is C15H20N2. The number of nitrogens with two attached hydrogens (primary N) is 2. The number of rotatable bonds is 1. The Morgan fingerprint density at radius 2 is 1.29 bits per heavy atom. The van der Waals surface area contributed by atoms with Crippen LogP contribution >= 0.6 is 0 Å². The van der Waals surface area contributed by atoms with Crippen molar-refractivity contribution < 1.29 is 0 Å². The Morgan fingerprint density at radius 1 is 0.765 bits per heavy atom. The van der Waals surface area contributed by atoms with Gasteiger partial charge in [0, 0.05) is 11.4 Å². The predicted octanol–water partition coefficient (Wildman–Crippen LogP) is 3.66. The van der Waals surface area contributed by atoms with Gasteiger partial charge in [0.25, 0.3) is 0 Å². The number of nitrogen functional groups attached to an aromatic ring is 2. The third-order valence-electron chi connectivity index (χ3n) is 2.42. The summed E-state index contributed by atoms with van der Waals surface area (Å²) >= 11 is 0. The Kier molecular flexibility index (Phi) is 5.08. The molecule has 0 aliphatic carbocycles. The molecule has 0 radical (unpaired) electrons. The molecule has 2 rings (SSSR count). The third kappa shape index (κ3) is 4.60. The molecule has 2 heteroatoms. The lowest BCUT2D eigenvalue weighted by molar-refractivity contribution is 0.870. The van der Waals surface area contributed by atoms with Gasteiger partial charge in [-0.05, 0) is 29.7 Å². The lowest BCUT2D eigenvalue weighted by Gasteiger charge is -2.07. The molecule has 2 aromatic carbocycles. The van der Waals surface area contributed by atoms with E-state index in [1.807, 2.05) is 48.5 Å². The first-order valence-corrected chi connectivity index (χ1v) is 5.76. The molecule has 0 aliphatic heterocycles. The van der Waals surface area contributed by atoms with Crippen LogP contribution in [0.3, 0.4) is 0 Å². The van der Waals surface area contributed by atoms with Crippen LogP contribution in [-0.4, -0.2) is 0 Å². The van der Waals surface area contributed by atoms with Gasteiger partial charge >= 0.3 is 0 Å². The number of hydrogen-bond donors (Lipinski definition) is 2. The van der Waals surface area contributed by atoms with Crippen LogP contribution in [0.2, 0.25) is 0 Å². The van der Waals surface area contributed by atoms with Gasteiger partial charge in [-0.3, -0.25) is 0 Å². The minimum atomic E-state index is 0.529. The van der Waals surface area contributed by atoms with Crippen LogP contribution in [0.15, 0.2) is 54.6 Å². The first kappa shape index (κ1) is 13.1. The largest absolute Gasteiger partial charge is 0.399 e. The maximum atomic E-state index is 5.72. The Morgan fingerprint density at radius 3 is 1.65 bits per heavy atom. The van der Waals surface area contributed by atoms with Crippen LogP contribution in [0.25, 0.3) is 0 Å². The number of hydrogen-bond acceptors (Lipinski definition) is 2. The monoisotopic (exact) mass is 228 g/mol. The zero-order valence-corrected chi connectivity index (χ0v) is 10.4. The molecule has 0 bridgehead atoms. The molecule has 0 heterocycles. The molecular weight excluding hydrogens is 208 g/mol. The van der Waals surface area contributed by atoms with E-state index < -0.39 is 0 Å². The van der Waals surface area contributed by atoms with Crippen molar-refractivity contribution in [3.05, 3.63) is 60.2 Å². The van der Waals surface area contributed by atoms with Crippen LogP contribution < -0.4 is 11.5 Å². The van der Waals surface area contributed by atoms with Crippen LogP contribution in [0, 0.1) is 0 Å². The zero-order chi connectivity index (χ0) is 12.7. The van der Waals surface area contributed by atoms with Crippen molar-refractivity contribution in [2.24, 2.45) is 0 Å². The molecule has 0 unspecified atom stereocenters. The van der Waals surface area contributed by atoms with Crippen molar-refractivity contribution >= 4 is 11.4 Å². The van der Waals surface area contributed by atoms with Gasteiger partial charge in [-0.25, -0.2) is 0 Å². The number of anilines is 2. The topological polar surface area (TPSA) is 52.0 Å². The predicted molar refractivity (Wildman–Crippen MR) is 75.8 cm³/mol. The van der Waals surface area contributed by atoms with Crippen molar-refractivity contribution in [3.63, 3.8) is 0 Å². The molecule has 0 amide bonds. The lowest BCUT2D eigenvalue weighted by atomic mass is 10.0. The fourth-order valence-corrected chi connectivity index (χ4v) is 1.49. The smallest absolute Gasteiger partial charge is 0.0349 e. The van der Waals surface area contributed by atoms with Gasteiger partial charge in [0.15, 0.2) is 0 Å². The van der Waals surface area contributed by atoms with Crippen LogP contribution in [0.1, 0.15) is 25.3 Å². The summed E-state index contributed by atoms with van der Waals surface area (Å²) in [5.41, 5.74) is 14.0. The van der Waals surface area contributed by atoms with E-state index in [1.165, 1.54) is 5.56 Å². The molecule has 0 atom stereocenters. The summed E-state index contributed by atoms with van der Waals surface area (Å²) in [6.45, 7) is 4.29. The lowest BCUT2D eigenvalue weighted by Crippen LogP contribution is -1.94. The average molecular weight is 228 g/mol. The summed E-state index contributed by atoms with van der Waals surface area (Å²) in [4.78, 5) is 0. The van der Waals surface area contributed by atoms with Crippen LogP contribution in [-0.2, 0) is 0 Å². The SMILES string of the molecule is CC(C)c1ccccc1N.Nc1ccccc1. The minimum Gasteiger partial charge on any atom is -0.399 e. The molecule has 0 aliphatic rings. The van der Waals surface area contributed by atoms with E-state index in [0.29, 0.717) is 5.92 Å². The van der Waals surface area contributed by atoms with Crippen LogP contribution in [0.4, 0.5) is 11.4 Å². The van der Waals surface area contributed by atoms with E-state index in [0.717, 1.165) is 11.4 Å². The van der Waals surface area contributed by atoms with Crippen molar-refractivity contribution in [1.29, 1.82) is 0 Å². The summed E-state index contributed by atoms with van der Waals surface area (Å²) in [6, 6.07) is 17.5. The van der Waals surface area contributed by atoms with E-state index in [2.05, 4.69) is 19.9 Å². The van der Waals surface area contributed by atoms with Gasteiger partial charge in [0.05, 0.1) is 0 Å². The maximum Gasteiger partial charge on any atom is 0.0349 e. The van der Waals surface area contributed by atoms with E-state index in [9.17, 15) is 0 Å². The highest BCUT2D eigenvalue weighted by Crippen LogP contribution is 2.19. The van der Waals surface area contributed by atoms with E-state index >= 15 is 0 Å². The Bertz CT molecular complexity index is 436. The zero-order valence-electron chi connectivity index (χ0n) is 10.4. The van der Waals surface area contributed by atoms with Crippen molar-refractivity contribution in [2.75, 3.05) is 11.5 Å². The standard InChI is InChI=1S/C9H13N.C6H7N/c1-7(2)8-5-3-4-6-9(8)10;7-6-4-2-1-3-5-6/h3-7H,10H2,1-2H3;1-5H,7H2. The first-order valence-electron chi connectivity index (χ1n) is 5.76. The second kappa shape index (κ2) is 6.59. The average Bonchev–Trinajstić information content (AvgIpc) is 2.31. The van der Waals surface area contributed by atoms with Crippen molar-refractivity contribution in [1.82, 2.24) is 0 Å². The Balaban J connectivity index is 0.000000181. The van der Waals surface area contributed by atoms with Crippen molar-refractivity contribution in [2.45, 2.75) is 19.8 Å². The third-order valence-corrected chi connectivity index (χ3v) is 2.42. The molecule has 2 aromatic rings. The van der Waals surface area contributed by atoms with Gasteiger partial charge in [-0.2, -0.15) is 0 Å². The maximum absolute atomic E-state index is 5.72. The highest BCUT2D eigenvalue weighted by Gasteiger charge is 2.00. The molecule has 0 saturated heterocycles. The van der Waals surface area contributed by atoms with Gasteiger partial charge in [-0.1, -0.05) is 50.2 Å². The molecule has 2 nitrogen and oxygen atoms in total. The molecule has 4 N–H and O–H groups in total. The van der Waals surface area contributed by atoms with Gasteiger partial charge in [0.2, 0.25) is 0 Å². The summed E-state index contributed by atoms with van der Waals surface area (Å²) in [6.07, 6.45) is 0. The molecule has 0 fully saturated rings. The summed E-state index contributed by atoms with van der Waals surface area (Å²) in [5.74, 6) is 0.529. The van der Waals surface area contributed by atoms with Gasteiger partial charge in [0.1, 0.15) is 0 Å². The highest BCUT2D eigenvalue weighted by molar-refractivity contribution is 5.47. The number of benzene rings is 2. The Hall–Kier alpha value is -1.96. The highest BCUT2D eigenvalue weighted by atomic mass is 14.6.